The molecule has 3 rings (SSSR count). The largest absolute Gasteiger partial charge is 0.497 e. The molecule has 0 aliphatic heterocycles. The molecular weight excluding hydrogens is 302 g/mol. The lowest BCUT2D eigenvalue weighted by Gasteiger charge is -2.18. The normalized spacial score (nSPS) is 12.2. The Hall–Kier alpha value is -2.82. The fourth-order valence-corrected chi connectivity index (χ4v) is 2.51. The number of aromatic hydroxyl groups is 1. The molecule has 0 spiro atoms. The Labute approximate surface area is 141 Å². The van der Waals surface area contributed by atoms with Crippen molar-refractivity contribution in [3.63, 3.8) is 0 Å². The third-order valence-electron chi connectivity index (χ3n) is 3.96. The first kappa shape index (κ1) is 16.1. The summed E-state index contributed by atoms with van der Waals surface area (Å²) in [5.41, 5.74) is 3.26. The summed E-state index contributed by atoms with van der Waals surface area (Å²) in [6.07, 6.45) is 0. The molecule has 0 amide bonds. The van der Waals surface area contributed by atoms with E-state index < -0.39 is 0 Å². The molecule has 1 heterocycles. The Kier molecular flexibility index (Phi) is 4.01. The Bertz CT molecular complexity index is 887. The molecule has 5 nitrogen and oxygen atoms in total. The number of aromatic nitrogens is 1. The topological polar surface area (TPSA) is 70.0 Å². The van der Waals surface area contributed by atoms with Gasteiger partial charge in [0.15, 0.2) is 5.69 Å². The number of methoxy groups -OCH3 is 1. The van der Waals surface area contributed by atoms with E-state index in [9.17, 15) is 5.11 Å². The second-order valence-corrected chi connectivity index (χ2v) is 6.73. The quantitative estimate of drug-likeness (QED) is 0.616. The number of aromatic amines is 1. The van der Waals surface area contributed by atoms with Gasteiger partial charge in [0.25, 0.3) is 0 Å². The predicted octanol–water partition coefficient (Wildman–Crippen LogP) is 5.60. The summed E-state index contributed by atoms with van der Waals surface area (Å²) < 4.78 is 5.23. The average molecular weight is 323 g/mol. The number of ether oxygens (including phenoxy) is 1. The Morgan fingerprint density at radius 3 is 2.33 bits per heavy atom. The minimum Gasteiger partial charge on any atom is -0.497 e. The second-order valence-electron chi connectivity index (χ2n) is 6.73. The van der Waals surface area contributed by atoms with Gasteiger partial charge in [-0.2, -0.15) is 5.11 Å². The van der Waals surface area contributed by atoms with E-state index >= 15 is 0 Å². The summed E-state index contributed by atoms with van der Waals surface area (Å²) in [6, 6.07) is 13.4. The number of rotatable bonds is 3. The smallest absolute Gasteiger partial charge is 0.218 e. The molecule has 2 N–H and O–H groups in total. The van der Waals surface area contributed by atoms with Gasteiger partial charge in [-0.25, -0.2) is 0 Å². The number of fused-ring (bicyclic) bond motifs is 1. The Morgan fingerprint density at radius 2 is 1.71 bits per heavy atom. The summed E-state index contributed by atoms with van der Waals surface area (Å²) in [5.74, 6) is 0.695. The maximum atomic E-state index is 10.1. The molecular formula is C19H21N3O2. The summed E-state index contributed by atoms with van der Waals surface area (Å²) >= 11 is 0. The lowest BCUT2D eigenvalue weighted by molar-refractivity contribution is 0.415. The zero-order chi connectivity index (χ0) is 17.3. The van der Waals surface area contributed by atoms with Crippen LogP contribution in [0.5, 0.6) is 11.6 Å². The third kappa shape index (κ3) is 3.11. The maximum absolute atomic E-state index is 10.1. The van der Waals surface area contributed by atoms with E-state index in [-0.39, 0.29) is 11.3 Å². The molecule has 24 heavy (non-hydrogen) atoms. The lowest BCUT2D eigenvalue weighted by Crippen LogP contribution is -2.10. The molecule has 0 radical (unpaired) electrons. The number of azo groups is 1. The van der Waals surface area contributed by atoms with Crippen LogP contribution in [0.15, 0.2) is 52.7 Å². The van der Waals surface area contributed by atoms with E-state index in [1.165, 1.54) is 5.56 Å². The van der Waals surface area contributed by atoms with Crippen molar-refractivity contribution < 1.29 is 9.84 Å². The summed E-state index contributed by atoms with van der Waals surface area (Å²) in [6.45, 7) is 6.50. The molecule has 0 atom stereocenters. The fraction of sp³-hybridized carbons (Fsp3) is 0.263. The molecule has 124 valence electrons. The first-order chi connectivity index (χ1) is 11.4. The molecule has 5 heteroatoms. The van der Waals surface area contributed by atoms with Crippen LogP contribution in [0.25, 0.3) is 10.9 Å². The van der Waals surface area contributed by atoms with Crippen molar-refractivity contribution in [2.75, 3.05) is 7.11 Å². The van der Waals surface area contributed by atoms with Crippen molar-refractivity contribution in [1.82, 2.24) is 4.98 Å². The van der Waals surface area contributed by atoms with Crippen LogP contribution in [-0.4, -0.2) is 17.2 Å². The van der Waals surface area contributed by atoms with Crippen LogP contribution < -0.4 is 4.74 Å². The highest BCUT2D eigenvalue weighted by molar-refractivity contribution is 5.95. The van der Waals surface area contributed by atoms with Gasteiger partial charge in [-0.1, -0.05) is 32.9 Å². The van der Waals surface area contributed by atoms with Crippen LogP contribution >= 0.6 is 0 Å². The first-order valence-corrected chi connectivity index (χ1v) is 7.79. The molecule has 0 unspecified atom stereocenters. The Balaban J connectivity index is 1.94. The van der Waals surface area contributed by atoms with Crippen LogP contribution in [0.4, 0.5) is 11.4 Å². The second kappa shape index (κ2) is 6.00. The Morgan fingerprint density at radius 1 is 1.00 bits per heavy atom. The zero-order valence-corrected chi connectivity index (χ0v) is 14.3. The minimum atomic E-state index is -0.00619. The van der Waals surface area contributed by atoms with E-state index in [1.54, 1.807) is 7.11 Å². The minimum absolute atomic E-state index is 0.00619. The van der Waals surface area contributed by atoms with Crippen LogP contribution in [0.2, 0.25) is 0 Å². The van der Waals surface area contributed by atoms with Crippen molar-refractivity contribution in [2.24, 2.45) is 10.2 Å². The zero-order valence-electron chi connectivity index (χ0n) is 14.3. The van der Waals surface area contributed by atoms with Crippen molar-refractivity contribution in [3.05, 3.63) is 48.0 Å². The van der Waals surface area contributed by atoms with Crippen LogP contribution in [-0.2, 0) is 5.41 Å². The van der Waals surface area contributed by atoms with E-state index in [1.807, 2.05) is 42.5 Å². The van der Waals surface area contributed by atoms with E-state index in [0.29, 0.717) is 11.4 Å². The van der Waals surface area contributed by atoms with Crippen LogP contribution in [0, 0.1) is 0 Å². The summed E-state index contributed by atoms with van der Waals surface area (Å²) in [5, 5.41) is 19.3. The monoisotopic (exact) mass is 323 g/mol. The molecule has 1 aromatic heterocycles. The van der Waals surface area contributed by atoms with Gasteiger partial charge in [0.1, 0.15) is 5.75 Å². The van der Waals surface area contributed by atoms with Gasteiger partial charge in [0.2, 0.25) is 5.88 Å². The van der Waals surface area contributed by atoms with Gasteiger partial charge in [0, 0.05) is 5.39 Å². The first-order valence-electron chi connectivity index (χ1n) is 7.79. The number of hydrogen-bond acceptors (Lipinski definition) is 4. The molecule has 0 fully saturated rings. The van der Waals surface area contributed by atoms with Crippen LogP contribution in [0.3, 0.4) is 0 Å². The third-order valence-corrected chi connectivity index (χ3v) is 3.96. The van der Waals surface area contributed by atoms with Gasteiger partial charge in [-0.05, 0) is 41.3 Å². The van der Waals surface area contributed by atoms with Gasteiger partial charge in [-0.15, -0.1) is 5.11 Å². The van der Waals surface area contributed by atoms with Crippen molar-refractivity contribution >= 4 is 22.3 Å². The summed E-state index contributed by atoms with van der Waals surface area (Å²) in [4.78, 5) is 2.89. The van der Waals surface area contributed by atoms with E-state index in [0.717, 1.165) is 16.6 Å². The number of nitrogens with zero attached hydrogens (tertiary/aromatic N) is 2. The number of nitrogens with one attached hydrogen (secondary N) is 1. The van der Waals surface area contributed by atoms with Gasteiger partial charge in [0.05, 0.1) is 18.3 Å². The number of benzene rings is 2. The van der Waals surface area contributed by atoms with Crippen molar-refractivity contribution in [1.29, 1.82) is 0 Å². The molecule has 0 aliphatic carbocycles. The average Bonchev–Trinajstić information content (AvgIpc) is 2.87. The highest BCUT2D eigenvalue weighted by Crippen LogP contribution is 2.38. The van der Waals surface area contributed by atoms with E-state index in [2.05, 4.69) is 36.0 Å². The highest BCUT2D eigenvalue weighted by Gasteiger charge is 2.13. The van der Waals surface area contributed by atoms with Crippen LogP contribution in [0.1, 0.15) is 26.3 Å². The van der Waals surface area contributed by atoms with Crippen molar-refractivity contribution in [2.45, 2.75) is 26.2 Å². The highest BCUT2D eigenvalue weighted by atomic mass is 16.5. The van der Waals surface area contributed by atoms with Crippen molar-refractivity contribution in [3.8, 4) is 11.6 Å². The molecule has 3 aromatic rings. The standard InChI is InChI=1S/C19H21N3O2/c1-19(2,3)12-5-7-13(8-6-12)21-22-17-15-11-14(24-4)9-10-16(15)20-18(17)23/h5-11,20,23H,1-4H3. The number of hydrogen-bond donors (Lipinski definition) is 2. The van der Waals surface area contributed by atoms with Gasteiger partial charge >= 0.3 is 0 Å². The van der Waals surface area contributed by atoms with Gasteiger partial charge < -0.3 is 14.8 Å². The molecule has 0 saturated carbocycles. The molecule has 0 aliphatic rings. The maximum Gasteiger partial charge on any atom is 0.218 e. The SMILES string of the molecule is COc1ccc2[nH]c(O)c(N=Nc3ccc(C(C)(C)C)cc3)c2c1. The predicted molar refractivity (Wildman–Crippen MR) is 95.8 cm³/mol. The molecule has 0 saturated heterocycles. The molecule has 2 aromatic carbocycles. The fourth-order valence-electron chi connectivity index (χ4n) is 2.51. The van der Waals surface area contributed by atoms with Gasteiger partial charge in [-0.3, -0.25) is 0 Å². The number of H-pyrrole nitrogens is 1. The summed E-state index contributed by atoms with van der Waals surface area (Å²) in [7, 11) is 1.60. The molecule has 0 bridgehead atoms. The van der Waals surface area contributed by atoms with E-state index in [4.69, 9.17) is 4.74 Å². The lowest BCUT2D eigenvalue weighted by atomic mass is 9.87.